The van der Waals surface area contributed by atoms with Gasteiger partial charge in [-0.25, -0.2) is 0 Å². The van der Waals surface area contributed by atoms with Gasteiger partial charge in [0.15, 0.2) is 17.5 Å². The molecule has 24 heavy (non-hydrogen) atoms. The second-order valence-corrected chi connectivity index (χ2v) is 4.99. The molecule has 9 heteroatoms. The van der Waals surface area contributed by atoms with E-state index in [0.29, 0.717) is 31.2 Å². The van der Waals surface area contributed by atoms with Crippen LogP contribution in [-0.2, 0) is 6.42 Å². The number of fused-ring (bicyclic) bond motifs is 1. The fraction of sp³-hybridized carbons (Fsp3) is 0.533. The number of nitrogens with zero attached hydrogens (tertiary/aromatic N) is 1. The number of benzene rings is 1. The van der Waals surface area contributed by atoms with Crippen LogP contribution in [0.2, 0.25) is 0 Å². The first-order chi connectivity index (χ1) is 11.0. The molecular weight excluding hydrogens is 438 g/mol. The highest BCUT2D eigenvalue weighted by Crippen LogP contribution is 2.32. The largest absolute Gasteiger partial charge is 0.454 e. The number of nitrogens with one attached hydrogen (secondary N) is 2. The van der Waals surface area contributed by atoms with Crippen molar-refractivity contribution in [1.82, 2.24) is 10.6 Å². The number of guanidine groups is 1. The predicted molar refractivity (Wildman–Crippen MR) is 96.3 cm³/mol. The maximum atomic E-state index is 12.1. The van der Waals surface area contributed by atoms with Gasteiger partial charge >= 0.3 is 6.18 Å². The van der Waals surface area contributed by atoms with Crippen LogP contribution in [0.25, 0.3) is 0 Å². The molecule has 0 aromatic heterocycles. The van der Waals surface area contributed by atoms with Crippen molar-refractivity contribution < 1.29 is 22.6 Å². The van der Waals surface area contributed by atoms with E-state index in [1.165, 1.54) is 0 Å². The van der Waals surface area contributed by atoms with Gasteiger partial charge in [0.25, 0.3) is 0 Å². The standard InChI is InChI=1S/C15H20F3N3O2.HI/c1-2-19-14(21-8-6-15(16,17)18)20-7-5-11-3-4-12-13(9-11)23-10-22-12;/h3-4,9H,2,5-8,10H2,1H3,(H2,19,20,21);1H. The predicted octanol–water partition coefficient (Wildman–Crippen LogP) is 3.08. The molecule has 136 valence electrons. The molecule has 0 saturated heterocycles. The lowest BCUT2D eigenvalue weighted by atomic mass is 10.1. The molecule has 1 aromatic carbocycles. The van der Waals surface area contributed by atoms with Gasteiger partial charge in [-0.3, -0.25) is 4.99 Å². The number of hydrogen-bond donors (Lipinski definition) is 2. The summed E-state index contributed by atoms with van der Waals surface area (Å²) < 4.78 is 47.0. The van der Waals surface area contributed by atoms with Gasteiger partial charge in [0.1, 0.15) is 0 Å². The maximum Gasteiger partial charge on any atom is 0.390 e. The Kier molecular flexibility index (Phi) is 8.43. The lowest BCUT2D eigenvalue weighted by Gasteiger charge is -2.12. The molecule has 0 atom stereocenters. The van der Waals surface area contributed by atoms with Crippen molar-refractivity contribution in [2.75, 3.05) is 26.4 Å². The summed E-state index contributed by atoms with van der Waals surface area (Å²) in [5, 5.41) is 5.95. The molecule has 1 aromatic rings. The summed E-state index contributed by atoms with van der Waals surface area (Å²) in [5.74, 6) is 1.83. The van der Waals surface area contributed by atoms with E-state index in [1.54, 1.807) is 0 Å². The monoisotopic (exact) mass is 459 g/mol. The minimum Gasteiger partial charge on any atom is -0.454 e. The van der Waals surface area contributed by atoms with Crippen molar-refractivity contribution in [1.29, 1.82) is 0 Å². The fourth-order valence-corrected chi connectivity index (χ4v) is 2.06. The van der Waals surface area contributed by atoms with Crippen LogP contribution in [-0.4, -0.2) is 38.6 Å². The van der Waals surface area contributed by atoms with E-state index in [4.69, 9.17) is 9.47 Å². The molecule has 0 aliphatic carbocycles. The summed E-state index contributed by atoms with van der Waals surface area (Å²) in [6, 6.07) is 5.68. The van der Waals surface area contributed by atoms with Crippen LogP contribution < -0.4 is 20.1 Å². The highest BCUT2D eigenvalue weighted by Gasteiger charge is 2.26. The van der Waals surface area contributed by atoms with Crippen molar-refractivity contribution in [3.05, 3.63) is 23.8 Å². The van der Waals surface area contributed by atoms with Gasteiger partial charge in [-0.1, -0.05) is 6.07 Å². The molecule has 0 spiro atoms. The quantitative estimate of drug-likeness (QED) is 0.390. The molecule has 0 radical (unpaired) electrons. The number of rotatable bonds is 6. The maximum absolute atomic E-state index is 12.1. The highest BCUT2D eigenvalue weighted by atomic mass is 127. The summed E-state index contributed by atoms with van der Waals surface area (Å²) in [4.78, 5) is 3.92. The molecule has 0 fully saturated rings. The Labute approximate surface area is 156 Å². The number of halogens is 4. The van der Waals surface area contributed by atoms with Crippen molar-refractivity contribution >= 4 is 29.9 Å². The summed E-state index contributed by atoms with van der Waals surface area (Å²) in [7, 11) is 0. The van der Waals surface area contributed by atoms with Crippen LogP contribution >= 0.6 is 24.0 Å². The Morgan fingerprint density at radius 3 is 2.67 bits per heavy atom. The number of aliphatic imine (C=N–C) groups is 1. The van der Waals surface area contributed by atoms with Gasteiger partial charge in [0.05, 0.1) is 13.0 Å². The molecule has 0 saturated carbocycles. The molecule has 1 aliphatic heterocycles. The zero-order valence-electron chi connectivity index (χ0n) is 13.3. The van der Waals surface area contributed by atoms with Crippen LogP contribution in [0.3, 0.4) is 0 Å². The first kappa shape index (κ1) is 20.7. The summed E-state index contributed by atoms with van der Waals surface area (Å²) >= 11 is 0. The lowest BCUT2D eigenvalue weighted by Crippen LogP contribution is -2.38. The van der Waals surface area contributed by atoms with E-state index in [9.17, 15) is 13.2 Å². The number of hydrogen-bond acceptors (Lipinski definition) is 3. The third-order valence-electron chi connectivity index (χ3n) is 3.15. The lowest BCUT2D eigenvalue weighted by molar-refractivity contribution is -0.132. The zero-order valence-corrected chi connectivity index (χ0v) is 15.6. The summed E-state index contributed by atoms with van der Waals surface area (Å²) in [6.45, 7) is 2.94. The van der Waals surface area contributed by atoms with Gasteiger partial charge in [0.2, 0.25) is 6.79 Å². The van der Waals surface area contributed by atoms with Gasteiger partial charge in [-0.2, -0.15) is 13.2 Å². The Balaban J connectivity index is 0.00000288. The number of ether oxygens (including phenoxy) is 2. The molecule has 5 nitrogen and oxygen atoms in total. The highest BCUT2D eigenvalue weighted by molar-refractivity contribution is 14.0. The molecule has 2 rings (SSSR count). The molecule has 0 amide bonds. The minimum absolute atomic E-state index is 0. The topological polar surface area (TPSA) is 54.9 Å². The molecule has 0 unspecified atom stereocenters. The van der Waals surface area contributed by atoms with Crippen LogP contribution in [0.15, 0.2) is 23.2 Å². The van der Waals surface area contributed by atoms with E-state index in [0.717, 1.165) is 11.3 Å². The van der Waals surface area contributed by atoms with Crippen LogP contribution in [0.5, 0.6) is 11.5 Å². The van der Waals surface area contributed by atoms with Crippen LogP contribution in [0, 0.1) is 0 Å². The van der Waals surface area contributed by atoms with Gasteiger partial charge in [-0.15, -0.1) is 24.0 Å². The summed E-state index contributed by atoms with van der Waals surface area (Å²) in [6.07, 6.45) is -4.42. The van der Waals surface area contributed by atoms with Crippen LogP contribution in [0.1, 0.15) is 18.9 Å². The first-order valence-corrected chi connectivity index (χ1v) is 7.45. The van der Waals surface area contributed by atoms with E-state index >= 15 is 0 Å². The van der Waals surface area contributed by atoms with Crippen LogP contribution in [0.4, 0.5) is 13.2 Å². The minimum atomic E-state index is -4.19. The third-order valence-corrected chi connectivity index (χ3v) is 3.15. The van der Waals surface area contributed by atoms with E-state index in [2.05, 4.69) is 15.6 Å². The van der Waals surface area contributed by atoms with Crippen molar-refractivity contribution in [3.63, 3.8) is 0 Å². The number of alkyl halides is 3. The summed E-state index contributed by atoms with van der Waals surface area (Å²) in [5.41, 5.74) is 1.05. The van der Waals surface area contributed by atoms with E-state index in [-0.39, 0.29) is 37.3 Å². The van der Waals surface area contributed by atoms with Gasteiger partial charge in [0, 0.05) is 13.1 Å². The Morgan fingerprint density at radius 1 is 1.21 bits per heavy atom. The van der Waals surface area contributed by atoms with Crippen molar-refractivity contribution in [3.8, 4) is 11.5 Å². The van der Waals surface area contributed by atoms with Crippen molar-refractivity contribution in [2.24, 2.45) is 4.99 Å². The molecule has 1 heterocycles. The first-order valence-electron chi connectivity index (χ1n) is 7.45. The SMILES string of the molecule is CCNC(=NCCC(F)(F)F)NCCc1ccc2c(c1)OCO2.I. The Morgan fingerprint density at radius 2 is 1.96 bits per heavy atom. The zero-order chi connectivity index (χ0) is 16.7. The molecule has 2 N–H and O–H groups in total. The molecule has 1 aliphatic rings. The second-order valence-electron chi connectivity index (χ2n) is 4.99. The normalized spacial score (nSPS) is 13.4. The smallest absolute Gasteiger partial charge is 0.390 e. The van der Waals surface area contributed by atoms with Gasteiger partial charge < -0.3 is 20.1 Å². The molecule has 0 bridgehead atoms. The molecular formula is C15H21F3IN3O2. The Hall–Kier alpha value is -1.39. The van der Waals surface area contributed by atoms with E-state index < -0.39 is 12.6 Å². The van der Waals surface area contributed by atoms with Gasteiger partial charge in [-0.05, 0) is 31.0 Å². The second kappa shape index (κ2) is 9.80. The average Bonchev–Trinajstić information content (AvgIpc) is 2.93. The van der Waals surface area contributed by atoms with E-state index in [1.807, 2.05) is 25.1 Å². The van der Waals surface area contributed by atoms with Crippen molar-refractivity contribution in [2.45, 2.75) is 25.9 Å². The fourth-order valence-electron chi connectivity index (χ4n) is 2.06. The third kappa shape index (κ3) is 7.02. The average molecular weight is 459 g/mol. The Bertz CT molecular complexity index is 553.